The Balaban J connectivity index is 2.28. The van der Waals surface area contributed by atoms with Gasteiger partial charge in [0.05, 0.1) is 17.5 Å². The van der Waals surface area contributed by atoms with Crippen LogP contribution in [0.1, 0.15) is 24.2 Å². The first-order chi connectivity index (χ1) is 7.95. The van der Waals surface area contributed by atoms with Crippen LogP contribution >= 0.6 is 0 Å². The summed E-state index contributed by atoms with van der Waals surface area (Å²) in [6.45, 7) is 3.27. The summed E-state index contributed by atoms with van der Waals surface area (Å²) in [6, 6.07) is 1.37. The SMILES string of the molecule is Cc1n[nH]c(C)c1S(=O)(=O)NC(C#N)C1CC1. The normalized spacial score (nSPS) is 17.7. The number of nitriles is 1. The summed E-state index contributed by atoms with van der Waals surface area (Å²) in [6.07, 6.45) is 1.81. The van der Waals surface area contributed by atoms with Crippen molar-refractivity contribution in [2.75, 3.05) is 0 Å². The van der Waals surface area contributed by atoms with E-state index in [9.17, 15) is 8.42 Å². The molecule has 1 aromatic heterocycles. The Morgan fingerprint density at radius 2 is 2.18 bits per heavy atom. The Kier molecular flexibility index (Phi) is 2.93. The van der Waals surface area contributed by atoms with Crippen molar-refractivity contribution in [3.05, 3.63) is 11.4 Å². The maximum Gasteiger partial charge on any atom is 0.245 e. The van der Waals surface area contributed by atoms with E-state index < -0.39 is 16.1 Å². The lowest BCUT2D eigenvalue weighted by atomic mass is 10.2. The third kappa shape index (κ3) is 2.33. The van der Waals surface area contributed by atoms with Crippen molar-refractivity contribution < 1.29 is 8.42 Å². The fraction of sp³-hybridized carbons (Fsp3) is 0.600. The minimum absolute atomic E-state index is 0.151. The molecule has 1 fully saturated rings. The minimum atomic E-state index is -3.66. The smallest absolute Gasteiger partial charge is 0.245 e. The quantitative estimate of drug-likeness (QED) is 0.822. The van der Waals surface area contributed by atoms with Gasteiger partial charge in [-0.1, -0.05) is 0 Å². The molecule has 1 heterocycles. The zero-order chi connectivity index (χ0) is 12.6. The predicted octanol–water partition coefficient (Wildman–Crippen LogP) is 0.607. The second-order valence-electron chi connectivity index (χ2n) is 4.33. The van der Waals surface area contributed by atoms with Gasteiger partial charge in [0.2, 0.25) is 10.0 Å². The van der Waals surface area contributed by atoms with Gasteiger partial charge >= 0.3 is 0 Å². The summed E-state index contributed by atoms with van der Waals surface area (Å²) in [5, 5.41) is 15.4. The molecule has 7 heteroatoms. The number of aryl methyl sites for hydroxylation is 2. The van der Waals surface area contributed by atoms with Gasteiger partial charge in [0.15, 0.2) is 0 Å². The number of aromatic nitrogens is 2. The first-order valence-corrected chi connectivity index (χ1v) is 6.87. The van der Waals surface area contributed by atoms with E-state index >= 15 is 0 Å². The van der Waals surface area contributed by atoms with Crippen LogP contribution in [0.4, 0.5) is 0 Å². The largest absolute Gasteiger partial charge is 0.281 e. The Labute approximate surface area is 100 Å². The van der Waals surface area contributed by atoms with Gasteiger partial charge in [0.1, 0.15) is 10.9 Å². The molecule has 2 N–H and O–H groups in total. The van der Waals surface area contributed by atoms with Crippen LogP contribution in [0, 0.1) is 31.1 Å². The Hall–Kier alpha value is -1.39. The molecule has 6 nitrogen and oxygen atoms in total. The van der Waals surface area contributed by atoms with E-state index in [0.717, 1.165) is 12.8 Å². The molecule has 0 spiro atoms. The minimum Gasteiger partial charge on any atom is -0.281 e. The third-order valence-electron chi connectivity index (χ3n) is 2.84. The lowest BCUT2D eigenvalue weighted by molar-refractivity contribution is 0.559. The van der Waals surface area contributed by atoms with Crippen molar-refractivity contribution in [1.29, 1.82) is 5.26 Å². The van der Waals surface area contributed by atoms with Crippen molar-refractivity contribution in [3.63, 3.8) is 0 Å². The molecule has 0 radical (unpaired) electrons. The van der Waals surface area contributed by atoms with E-state index in [1.54, 1.807) is 13.8 Å². The highest BCUT2D eigenvalue weighted by atomic mass is 32.2. The van der Waals surface area contributed by atoms with Crippen LogP contribution in [0.15, 0.2) is 4.90 Å². The third-order valence-corrected chi connectivity index (χ3v) is 4.55. The second kappa shape index (κ2) is 4.13. The lowest BCUT2D eigenvalue weighted by Gasteiger charge is -2.11. The van der Waals surface area contributed by atoms with E-state index in [1.807, 2.05) is 6.07 Å². The van der Waals surface area contributed by atoms with Gasteiger partial charge in [-0.2, -0.15) is 15.1 Å². The van der Waals surface area contributed by atoms with Crippen LogP contribution in [-0.2, 0) is 10.0 Å². The van der Waals surface area contributed by atoms with Gasteiger partial charge in [-0.15, -0.1) is 0 Å². The van der Waals surface area contributed by atoms with E-state index in [4.69, 9.17) is 5.26 Å². The standard InChI is InChI=1S/C10H14N4O2S/c1-6-10(7(2)13-12-6)17(15,16)14-9(5-11)8-3-4-8/h8-9,14H,3-4H2,1-2H3,(H,12,13). The van der Waals surface area contributed by atoms with E-state index in [0.29, 0.717) is 11.4 Å². The van der Waals surface area contributed by atoms with Gasteiger partial charge in [-0.25, -0.2) is 8.42 Å². The number of sulfonamides is 1. The number of nitrogens with one attached hydrogen (secondary N) is 2. The summed E-state index contributed by atoms with van der Waals surface area (Å²) in [5.41, 5.74) is 0.907. The Morgan fingerprint density at radius 3 is 2.59 bits per heavy atom. The van der Waals surface area contributed by atoms with Crippen LogP contribution in [-0.4, -0.2) is 24.7 Å². The fourth-order valence-corrected chi connectivity index (χ4v) is 3.40. The number of H-pyrrole nitrogens is 1. The van der Waals surface area contributed by atoms with Crippen molar-refractivity contribution in [2.24, 2.45) is 5.92 Å². The Bertz CT molecular complexity index is 546. The molecule has 0 bridgehead atoms. The second-order valence-corrected chi connectivity index (χ2v) is 5.98. The van der Waals surface area contributed by atoms with E-state index in [1.165, 1.54) is 0 Å². The first kappa shape index (κ1) is 12.1. The van der Waals surface area contributed by atoms with Crippen molar-refractivity contribution >= 4 is 10.0 Å². The van der Waals surface area contributed by atoms with Crippen LogP contribution < -0.4 is 4.72 Å². The summed E-state index contributed by atoms with van der Waals surface area (Å²) in [5.74, 6) is 0.155. The van der Waals surface area contributed by atoms with E-state index in [-0.39, 0.29) is 10.8 Å². The molecule has 1 aromatic rings. The van der Waals surface area contributed by atoms with Crippen LogP contribution in [0.5, 0.6) is 0 Å². The van der Waals surface area contributed by atoms with Crippen LogP contribution in [0.3, 0.4) is 0 Å². The topological polar surface area (TPSA) is 98.6 Å². The monoisotopic (exact) mass is 254 g/mol. The van der Waals surface area contributed by atoms with Gasteiger partial charge in [-0.05, 0) is 32.6 Å². The van der Waals surface area contributed by atoms with Crippen molar-refractivity contribution in [3.8, 4) is 6.07 Å². The average Bonchev–Trinajstić information content (AvgIpc) is 3.02. The molecule has 1 unspecified atom stereocenters. The zero-order valence-electron chi connectivity index (χ0n) is 9.69. The van der Waals surface area contributed by atoms with Gasteiger partial charge in [-0.3, -0.25) is 5.10 Å². The number of rotatable bonds is 4. The number of nitrogens with zero attached hydrogens (tertiary/aromatic N) is 2. The van der Waals surface area contributed by atoms with Crippen LogP contribution in [0.2, 0.25) is 0 Å². The molecule has 0 saturated heterocycles. The highest BCUT2D eigenvalue weighted by Crippen LogP contribution is 2.33. The molecule has 0 amide bonds. The molecular formula is C10H14N4O2S. The maximum absolute atomic E-state index is 12.1. The first-order valence-electron chi connectivity index (χ1n) is 5.39. The summed E-state index contributed by atoms with van der Waals surface area (Å²) in [7, 11) is -3.66. The fourth-order valence-electron chi connectivity index (χ4n) is 1.82. The van der Waals surface area contributed by atoms with Gasteiger partial charge in [0.25, 0.3) is 0 Å². The number of hydrogen-bond acceptors (Lipinski definition) is 4. The summed E-state index contributed by atoms with van der Waals surface area (Å²) >= 11 is 0. The molecule has 1 saturated carbocycles. The number of hydrogen-bond donors (Lipinski definition) is 2. The molecule has 2 rings (SSSR count). The predicted molar refractivity (Wildman–Crippen MR) is 60.5 cm³/mol. The molecule has 92 valence electrons. The molecule has 0 aromatic carbocycles. The van der Waals surface area contributed by atoms with E-state index in [2.05, 4.69) is 14.9 Å². The molecule has 1 aliphatic carbocycles. The van der Waals surface area contributed by atoms with Crippen molar-refractivity contribution in [2.45, 2.75) is 37.6 Å². The lowest BCUT2D eigenvalue weighted by Crippen LogP contribution is -2.35. The number of aromatic amines is 1. The van der Waals surface area contributed by atoms with Crippen molar-refractivity contribution in [1.82, 2.24) is 14.9 Å². The molecular weight excluding hydrogens is 240 g/mol. The highest BCUT2D eigenvalue weighted by Gasteiger charge is 2.35. The average molecular weight is 254 g/mol. The highest BCUT2D eigenvalue weighted by molar-refractivity contribution is 7.89. The Morgan fingerprint density at radius 1 is 1.53 bits per heavy atom. The zero-order valence-corrected chi connectivity index (χ0v) is 10.5. The van der Waals surface area contributed by atoms with Gasteiger partial charge in [0, 0.05) is 0 Å². The molecule has 1 aliphatic rings. The summed E-state index contributed by atoms with van der Waals surface area (Å²) < 4.78 is 26.7. The molecule has 17 heavy (non-hydrogen) atoms. The summed E-state index contributed by atoms with van der Waals surface area (Å²) in [4.78, 5) is 0.151. The molecule has 0 aliphatic heterocycles. The van der Waals surface area contributed by atoms with Gasteiger partial charge < -0.3 is 0 Å². The van der Waals surface area contributed by atoms with Crippen LogP contribution in [0.25, 0.3) is 0 Å². The maximum atomic E-state index is 12.1. The molecule has 1 atom stereocenters.